The van der Waals surface area contributed by atoms with E-state index >= 15 is 0 Å². The van der Waals surface area contributed by atoms with E-state index in [9.17, 15) is 13.2 Å². The largest absolute Gasteiger partial charge is 0.439 e. The van der Waals surface area contributed by atoms with Crippen LogP contribution in [0.2, 0.25) is 0 Å². The van der Waals surface area contributed by atoms with Gasteiger partial charge >= 0.3 is 6.18 Å². The highest BCUT2D eigenvalue weighted by Crippen LogP contribution is 2.29. The van der Waals surface area contributed by atoms with Crippen LogP contribution in [-0.2, 0) is 6.18 Å². The van der Waals surface area contributed by atoms with E-state index in [1.807, 2.05) is 0 Å². The van der Waals surface area contributed by atoms with Gasteiger partial charge in [-0.25, -0.2) is 4.98 Å². The van der Waals surface area contributed by atoms with Crippen molar-refractivity contribution in [2.24, 2.45) is 21.7 Å². The van der Waals surface area contributed by atoms with Crippen LogP contribution in [0.5, 0.6) is 11.6 Å². The number of pyridine rings is 1. The lowest BCUT2D eigenvalue weighted by Gasteiger charge is -2.08. The highest BCUT2D eigenvalue weighted by Gasteiger charge is 2.32. The first-order chi connectivity index (χ1) is 10.8. The summed E-state index contributed by atoms with van der Waals surface area (Å²) in [6.45, 7) is 0. The molecule has 0 saturated heterocycles. The summed E-state index contributed by atoms with van der Waals surface area (Å²) in [6, 6.07) is 9.81. The molecule has 0 unspecified atom stereocenters. The molecule has 0 amide bonds. The molecule has 0 fully saturated rings. The first-order valence-electron chi connectivity index (χ1n) is 6.29. The van der Waals surface area contributed by atoms with Crippen LogP contribution in [-0.4, -0.2) is 17.2 Å². The van der Waals surface area contributed by atoms with Crippen LogP contribution in [0.25, 0.3) is 0 Å². The van der Waals surface area contributed by atoms with Crippen molar-refractivity contribution < 1.29 is 17.9 Å². The fraction of sp³-hybridized carbons (Fsp3) is 0.0714. The van der Waals surface area contributed by atoms with E-state index in [4.69, 9.17) is 16.2 Å². The van der Waals surface area contributed by atoms with E-state index in [0.717, 1.165) is 6.07 Å². The molecule has 2 aromatic rings. The summed E-state index contributed by atoms with van der Waals surface area (Å²) in [6.07, 6.45) is -3.11. The minimum Gasteiger partial charge on any atom is -0.439 e. The second kappa shape index (κ2) is 6.77. The Bertz CT molecular complexity index is 722. The smallest absolute Gasteiger partial charge is 0.433 e. The van der Waals surface area contributed by atoms with Crippen LogP contribution in [0, 0.1) is 0 Å². The topological polar surface area (TPSA) is 98.9 Å². The van der Waals surface area contributed by atoms with Gasteiger partial charge in [-0.05, 0) is 35.9 Å². The molecule has 0 aliphatic carbocycles. The van der Waals surface area contributed by atoms with Crippen LogP contribution in [0.1, 0.15) is 11.3 Å². The third-order valence-corrected chi connectivity index (χ3v) is 2.50. The van der Waals surface area contributed by atoms with Crippen molar-refractivity contribution in [3.63, 3.8) is 0 Å². The third kappa shape index (κ3) is 4.99. The SMILES string of the molecule is NC(N)=NN=Cc1ccc(Oc2cccc(C(F)(F)F)n2)cc1. The van der Waals surface area contributed by atoms with Gasteiger partial charge in [0.1, 0.15) is 11.4 Å². The van der Waals surface area contributed by atoms with Crippen molar-refractivity contribution in [3.8, 4) is 11.6 Å². The van der Waals surface area contributed by atoms with E-state index in [0.29, 0.717) is 11.3 Å². The third-order valence-electron chi connectivity index (χ3n) is 2.50. The number of halogens is 3. The van der Waals surface area contributed by atoms with Gasteiger partial charge in [0.2, 0.25) is 11.8 Å². The molecular formula is C14H12F3N5O. The lowest BCUT2D eigenvalue weighted by atomic mass is 10.2. The molecule has 1 aromatic carbocycles. The minimum absolute atomic E-state index is 0.151. The fourth-order valence-corrected chi connectivity index (χ4v) is 1.53. The Hall–Kier alpha value is -3.10. The Balaban J connectivity index is 2.09. The quantitative estimate of drug-likeness (QED) is 0.513. The molecule has 9 heteroatoms. The number of ether oxygens (including phenoxy) is 1. The van der Waals surface area contributed by atoms with Crippen LogP contribution in [0.15, 0.2) is 52.7 Å². The average Bonchev–Trinajstić information content (AvgIpc) is 2.48. The van der Waals surface area contributed by atoms with Crippen LogP contribution in [0.3, 0.4) is 0 Å². The summed E-state index contributed by atoms with van der Waals surface area (Å²) >= 11 is 0. The molecule has 0 aliphatic heterocycles. The van der Waals surface area contributed by atoms with E-state index in [2.05, 4.69) is 15.2 Å². The molecule has 0 saturated carbocycles. The number of rotatable bonds is 4. The lowest BCUT2D eigenvalue weighted by molar-refractivity contribution is -0.141. The van der Waals surface area contributed by atoms with Crippen molar-refractivity contribution in [2.45, 2.75) is 6.18 Å². The van der Waals surface area contributed by atoms with Crippen molar-refractivity contribution in [2.75, 3.05) is 0 Å². The maximum absolute atomic E-state index is 12.6. The van der Waals surface area contributed by atoms with Crippen LogP contribution in [0.4, 0.5) is 13.2 Å². The normalized spacial score (nSPS) is 11.4. The molecule has 2 rings (SSSR count). The van der Waals surface area contributed by atoms with E-state index in [1.165, 1.54) is 18.3 Å². The zero-order chi connectivity index (χ0) is 16.9. The lowest BCUT2D eigenvalue weighted by Crippen LogP contribution is -2.21. The second-order valence-electron chi connectivity index (χ2n) is 4.30. The van der Waals surface area contributed by atoms with Gasteiger partial charge in [0, 0.05) is 6.07 Å². The Morgan fingerprint density at radius 1 is 1.09 bits per heavy atom. The standard InChI is InChI=1S/C14H12F3N5O/c15-14(16,17)11-2-1-3-12(21-11)23-10-6-4-9(5-7-10)8-20-22-13(18)19/h1-8H,(H4,18,19,22). The summed E-state index contributed by atoms with van der Waals surface area (Å²) in [5.74, 6) is 0.00869. The summed E-state index contributed by atoms with van der Waals surface area (Å²) in [4.78, 5) is 3.41. The molecule has 0 radical (unpaired) electrons. The van der Waals surface area contributed by atoms with Gasteiger partial charge < -0.3 is 16.2 Å². The predicted molar refractivity (Wildman–Crippen MR) is 79.2 cm³/mol. The minimum atomic E-state index is -4.52. The summed E-state index contributed by atoms with van der Waals surface area (Å²) in [7, 11) is 0. The van der Waals surface area contributed by atoms with Crippen molar-refractivity contribution in [3.05, 3.63) is 53.7 Å². The average molecular weight is 323 g/mol. The van der Waals surface area contributed by atoms with Crippen molar-refractivity contribution in [1.82, 2.24) is 4.98 Å². The number of alkyl halides is 3. The number of nitrogens with two attached hydrogens (primary N) is 2. The first kappa shape index (κ1) is 16.3. The Labute approximate surface area is 129 Å². The van der Waals surface area contributed by atoms with Gasteiger partial charge in [-0.3, -0.25) is 0 Å². The summed E-state index contributed by atoms with van der Waals surface area (Å²) < 4.78 is 43.0. The first-order valence-corrected chi connectivity index (χ1v) is 6.29. The number of guanidine groups is 1. The van der Waals surface area contributed by atoms with Crippen molar-refractivity contribution >= 4 is 12.2 Å². The van der Waals surface area contributed by atoms with E-state index < -0.39 is 11.9 Å². The molecule has 6 nitrogen and oxygen atoms in total. The van der Waals surface area contributed by atoms with Gasteiger partial charge in [-0.15, -0.1) is 5.10 Å². The molecule has 0 aliphatic rings. The predicted octanol–water partition coefficient (Wildman–Crippen LogP) is 2.50. The monoisotopic (exact) mass is 323 g/mol. The Kier molecular flexibility index (Phi) is 4.79. The highest BCUT2D eigenvalue weighted by molar-refractivity contribution is 5.81. The molecule has 1 aromatic heterocycles. The van der Waals surface area contributed by atoms with Gasteiger partial charge in [0.15, 0.2) is 0 Å². The number of benzene rings is 1. The molecule has 0 spiro atoms. The maximum Gasteiger partial charge on any atom is 0.433 e. The van der Waals surface area contributed by atoms with Gasteiger partial charge in [-0.1, -0.05) is 6.07 Å². The Morgan fingerprint density at radius 3 is 2.39 bits per heavy atom. The van der Waals surface area contributed by atoms with Gasteiger partial charge in [0.05, 0.1) is 6.21 Å². The van der Waals surface area contributed by atoms with E-state index in [1.54, 1.807) is 24.3 Å². The zero-order valence-corrected chi connectivity index (χ0v) is 11.7. The zero-order valence-electron chi connectivity index (χ0n) is 11.7. The van der Waals surface area contributed by atoms with Crippen LogP contribution >= 0.6 is 0 Å². The van der Waals surface area contributed by atoms with Crippen molar-refractivity contribution in [1.29, 1.82) is 0 Å². The number of nitrogens with zero attached hydrogens (tertiary/aromatic N) is 3. The van der Waals surface area contributed by atoms with E-state index in [-0.39, 0.29) is 11.8 Å². The molecule has 23 heavy (non-hydrogen) atoms. The second-order valence-corrected chi connectivity index (χ2v) is 4.30. The fourth-order valence-electron chi connectivity index (χ4n) is 1.53. The number of hydrogen-bond acceptors (Lipinski definition) is 4. The van der Waals surface area contributed by atoms with Gasteiger partial charge in [0.25, 0.3) is 0 Å². The highest BCUT2D eigenvalue weighted by atomic mass is 19.4. The summed E-state index contributed by atoms with van der Waals surface area (Å²) in [5, 5.41) is 7.06. The molecule has 0 atom stereocenters. The molecule has 0 bridgehead atoms. The maximum atomic E-state index is 12.6. The number of aromatic nitrogens is 1. The Morgan fingerprint density at radius 2 is 1.78 bits per heavy atom. The molecule has 1 heterocycles. The molecular weight excluding hydrogens is 311 g/mol. The van der Waals surface area contributed by atoms with Gasteiger partial charge in [-0.2, -0.15) is 18.3 Å². The summed E-state index contributed by atoms with van der Waals surface area (Å²) in [5.41, 5.74) is 9.90. The molecule has 120 valence electrons. The molecule has 4 N–H and O–H groups in total. The van der Waals surface area contributed by atoms with Crippen LogP contribution < -0.4 is 16.2 Å². The number of hydrogen-bond donors (Lipinski definition) is 2.